The van der Waals surface area contributed by atoms with E-state index in [2.05, 4.69) is 27.4 Å². The Bertz CT molecular complexity index is 1020. The Hall–Kier alpha value is -3.14. The molecule has 4 aromatic rings. The van der Waals surface area contributed by atoms with Crippen LogP contribution in [0, 0.1) is 6.92 Å². The van der Waals surface area contributed by atoms with Crippen LogP contribution in [0.3, 0.4) is 0 Å². The second-order valence-corrected chi connectivity index (χ2v) is 5.92. The van der Waals surface area contributed by atoms with Crippen LogP contribution in [-0.4, -0.2) is 15.9 Å². The molecule has 0 aliphatic rings. The van der Waals surface area contributed by atoms with Crippen LogP contribution in [0.5, 0.6) is 0 Å². The van der Waals surface area contributed by atoms with Crippen LogP contribution in [0.4, 0.5) is 0 Å². The fourth-order valence-corrected chi connectivity index (χ4v) is 3.07. The molecule has 4 nitrogen and oxygen atoms in total. The molecule has 2 aromatic carbocycles. The van der Waals surface area contributed by atoms with Gasteiger partial charge >= 0.3 is 0 Å². The number of rotatable bonds is 3. The van der Waals surface area contributed by atoms with Gasteiger partial charge in [-0.1, -0.05) is 30.3 Å². The zero-order valence-corrected chi connectivity index (χ0v) is 13.3. The highest BCUT2D eigenvalue weighted by Gasteiger charge is 2.13. The molecule has 1 amide bonds. The Labute approximate surface area is 139 Å². The number of benzene rings is 2. The molecule has 0 unspecified atom stereocenters. The highest BCUT2D eigenvalue weighted by atomic mass is 16.1. The van der Waals surface area contributed by atoms with Gasteiger partial charge in [0.15, 0.2) is 0 Å². The fourth-order valence-electron chi connectivity index (χ4n) is 3.07. The van der Waals surface area contributed by atoms with Crippen molar-refractivity contribution >= 4 is 27.6 Å². The van der Waals surface area contributed by atoms with Gasteiger partial charge in [-0.05, 0) is 41.5 Å². The molecule has 0 radical (unpaired) electrons. The van der Waals surface area contributed by atoms with Crippen LogP contribution in [-0.2, 0) is 6.54 Å². The molecule has 0 saturated heterocycles. The lowest BCUT2D eigenvalue weighted by Crippen LogP contribution is -2.24. The number of aromatic nitrogens is 2. The number of aromatic amines is 1. The number of nitrogens with zero attached hydrogens (tertiary/aromatic N) is 1. The zero-order chi connectivity index (χ0) is 16.5. The van der Waals surface area contributed by atoms with E-state index < -0.39 is 0 Å². The number of hydrogen-bond donors (Lipinski definition) is 2. The number of pyridine rings is 1. The third-order valence-corrected chi connectivity index (χ3v) is 4.28. The lowest BCUT2D eigenvalue weighted by Gasteiger charge is -2.10. The van der Waals surface area contributed by atoms with Crippen LogP contribution in [0.2, 0.25) is 0 Å². The van der Waals surface area contributed by atoms with Crippen molar-refractivity contribution in [2.75, 3.05) is 0 Å². The molecule has 4 rings (SSSR count). The first-order chi connectivity index (χ1) is 11.7. The Kier molecular flexibility index (Phi) is 3.50. The molecule has 118 valence electrons. The summed E-state index contributed by atoms with van der Waals surface area (Å²) in [5.74, 6) is -0.0667. The Morgan fingerprint density at radius 3 is 2.88 bits per heavy atom. The highest BCUT2D eigenvalue weighted by molar-refractivity contribution is 6.08. The van der Waals surface area contributed by atoms with Crippen molar-refractivity contribution in [1.82, 2.24) is 15.3 Å². The topological polar surface area (TPSA) is 57.8 Å². The number of carbonyl (C=O) groups is 1. The van der Waals surface area contributed by atoms with Crippen molar-refractivity contribution in [2.24, 2.45) is 0 Å². The number of nitrogens with one attached hydrogen (secondary N) is 2. The maximum atomic E-state index is 12.7. The monoisotopic (exact) mass is 315 g/mol. The summed E-state index contributed by atoms with van der Waals surface area (Å²) < 4.78 is 0. The van der Waals surface area contributed by atoms with Gasteiger partial charge in [0.25, 0.3) is 5.91 Å². The van der Waals surface area contributed by atoms with Crippen LogP contribution >= 0.6 is 0 Å². The molecule has 0 aliphatic heterocycles. The van der Waals surface area contributed by atoms with Crippen LogP contribution in [0.1, 0.15) is 21.6 Å². The predicted molar refractivity (Wildman–Crippen MR) is 95.9 cm³/mol. The number of para-hydroxylation sites is 1. The summed E-state index contributed by atoms with van der Waals surface area (Å²) in [4.78, 5) is 20.2. The third-order valence-electron chi connectivity index (χ3n) is 4.28. The number of hydrogen-bond acceptors (Lipinski definition) is 2. The quantitative estimate of drug-likeness (QED) is 0.601. The molecule has 0 atom stereocenters. The number of fused-ring (bicyclic) bond motifs is 2. The molecule has 0 spiro atoms. The minimum Gasteiger partial charge on any atom is -0.357 e. The second-order valence-electron chi connectivity index (χ2n) is 5.92. The second kappa shape index (κ2) is 5.81. The first-order valence-corrected chi connectivity index (χ1v) is 7.90. The Balaban J connectivity index is 1.61. The summed E-state index contributed by atoms with van der Waals surface area (Å²) in [5, 5.41) is 6.07. The zero-order valence-electron chi connectivity index (χ0n) is 13.3. The van der Waals surface area contributed by atoms with Crippen molar-refractivity contribution < 1.29 is 4.79 Å². The lowest BCUT2D eigenvalue weighted by atomic mass is 10.0. The largest absolute Gasteiger partial charge is 0.357 e. The minimum atomic E-state index is -0.0667. The van der Waals surface area contributed by atoms with E-state index >= 15 is 0 Å². The van der Waals surface area contributed by atoms with Gasteiger partial charge in [0.2, 0.25) is 0 Å². The third kappa shape index (κ3) is 2.52. The smallest absolute Gasteiger partial charge is 0.252 e. The van der Waals surface area contributed by atoms with Gasteiger partial charge in [0.1, 0.15) is 0 Å². The van der Waals surface area contributed by atoms with Crippen molar-refractivity contribution in [1.29, 1.82) is 0 Å². The predicted octanol–water partition coefficient (Wildman–Crippen LogP) is 3.95. The summed E-state index contributed by atoms with van der Waals surface area (Å²) in [6, 6.07) is 16.0. The maximum absolute atomic E-state index is 12.7. The van der Waals surface area contributed by atoms with Crippen molar-refractivity contribution in [3.8, 4) is 0 Å². The van der Waals surface area contributed by atoms with E-state index in [1.807, 2.05) is 43.3 Å². The lowest BCUT2D eigenvalue weighted by molar-refractivity contribution is 0.0951. The van der Waals surface area contributed by atoms with Gasteiger partial charge in [-0.3, -0.25) is 9.78 Å². The molecule has 2 aromatic heterocycles. The van der Waals surface area contributed by atoms with E-state index in [9.17, 15) is 4.79 Å². The fraction of sp³-hybridized carbons (Fsp3) is 0.100. The van der Waals surface area contributed by atoms with Gasteiger partial charge in [0.05, 0.1) is 12.1 Å². The standard InChI is InChI=1S/C20H17N3O/c1-13-6-7-15-11-21-9-8-17(15)19(13)20(24)22-12-16-10-14-4-2-3-5-18(14)23-16/h2-11,23H,12H2,1H3,(H,22,24). The first-order valence-electron chi connectivity index (χ1n) is 7.90. The van der Waals surface area contributed by atoms with Gasteiger partial charge in [-0.15, -0.1) is 0 Å². The van der Waals surface area contributed by atoms with Crippen molar-refractivity contribution in [3.05, 3.63) is 77.7 Å². The molecule has 2 N–H and O–H groups in total. The van der Waals surface area contributed by atoms with E-state index in [0.717, 1.165) is 32.9 Å². The number of aryl methyl sites for hydroxylation is 1. The molecule has 24 heavy (non-hydrogen) atoms. The molecule has 0 saturated carbocycles. The van der Waals surface area contributed by atoms with Crippen molar-refractivity contribution in [2.45, 2.75) is 13.5 Å². The average Bonchev–Trinajstić information content (AvgIpc) is 3.02. The van der Waals surface area contributed by atoms with Crippen LogP contribution in [0.25, 0.3) is 21.7 Å². The Morgan fingerprint density at radius 2 is 2.00 bits per heavy atom. The molecular weight excluding hydrogens is 298 g/mol. The normalized spacial score (nSPS) is 11.0. The summed E-state index contributed by atoms with van der Waals surface area (Å²) in [6.07, 6.45) is 3.50. The number of carbonyl (C=O) groups excluding carboxylic acids is 1. The van der Waals surface area contributed by atoms with Crippen LogP contribution in [0.15, 0.2) is 60.9 Å². The summed E-state index contributed by atoms with van der Waals surface area (Å²) in [5.41, 5.74) is 3.74. The highest BCUT2D eigenvalue weighted by Crippen LogP contribution is 2.21. The first kappa shape index (κ1) is 14.5. The van der Waals surface area contributed by atoms with Crippen molar-refractivity contribution in [3.63, 3.8) is 0 Å². The minimum absolute atomic E-state index is 0.0667. The summed E-state index contributed by atoms with van der Waals surface area (Å²) >= 11 is 0. The van der Waals surface area contributed by atoms with Crippen LogP contribution < -0.4 is 5.32 Å². The maximum Gasteiger partial charge on any atom is 0.252 e. The molecular formula is C20H17N3O. The molecule has 0 fully saturated rings. The van der Waals surface area contributed by atoms with E-state index in [-0.39, 0.29) is 5.91 Å². The van der Waals surface area contributed by atoms with E-state index in [0.29, 0.717) is 12.1 Å². The number of amides is 1. The molecule has 4 heteroatoms. The van der Waals surface area contributed by atoms with E-state index in [1.54, 1.807) is 12.4 Å². The Morgan fingerprint density at radius 1 is 1.12 bits per heavy atom. The van der Waals surface area contributed by atoms with E-state index in [4.69, 9.17) is 0 Å². The van der Waals surface area contributed by atoms with E-state index in [1.165, 1.54) is 0 Å². The molecule has 0 bridgehead atoms. The molecule has 0 aliphatic carbocycles. The summed E-state index contributed by atoms with van der Waals surface area (Å²) in [7, 11) is 0. The average molecular weight is 315 g/mol. The van der Waals surface area contributed by atoms with Gasteiger partial charge in [0, 0.05) is 29.0 Å². The molecule has 2 heterocycles. The SMILES string of the molecule is Cc1ccc2cnccc2c1C(=O)NCc1cc2ccccc2[nH]1. The van der Waals surface area contributed by atoms with Gasteiger partial charge in [-0.2, -0.15) is 0 Å². The van der Waals surface area contributed by atoms with Gasteiger partial charge < -0.3 is 10.3 Å². The van der Waals surface area contributed by atoms with Gasteiger partial charge in [-0.25, -0.2) is 0 Å². The number of H-pyrrole nitrogens is 1. The summed E-state index contributed by atoms with van der Waals surface area (Å²) in [6.45, 7) is 2.42.